The van der Waals surface area contributed by atoms with Crippen LogP contribution < -0.4 is 0 Å². The lowest BCUT2D eigenvalue weighted by Gasteiger charge is -2.07. The van der Waals surface area contributed by atoms with E-state index < -0.39 is 5.97 Å². The number of nitrogens with zero attached hydrogens (tertiary/aromatic N) is 2. The first-order valence-corrected chi connectivity index (χ1v) is 7.14. The predicted molar refractivity (Wildman–Crippen MR) is 87.7 cm³/mol. The van der Waals surface area contributed by atoms with E-state index in [1.807, 2.05) is 32.0 Å². The number of carbonyl (C=O) groups is 1. The van der Waals surface area contributed by atoms with Crippen LogP contribution in [-0.4, -0.2) is 11.1 Å². The quantitative estimate of drug-likeness (QED) is 0.777. The molecule has 0 atom stereocenters. The van der Waals surface area contributed by atoms with Crippen LogP contribution in [0.15, 0.2) is 34.5 Å². The van der Waals surface area contributed by atoms with E-state index in [9.17, 15) is 9.90 Å². The number of azo groups is 1. The van der Waals surface area contributed by atoms with Crippen LogP contribution in [0.3, 0.4) is 0 Å². The number of aromatic carboxylic acids is 1. The summed E-state index contributed by atoms with van der Waals surface area (Å²) in [7, 11) is 0. The normalized spacial score (nSPS) is 11.1. The van der Waals surface area contributed by atoms with Crippen LogP contribution in [0.5, 0.6) is 0 Å². The Morgan fingerprint density at radius 1 is 0.864 bits per heavy atom. The molecule has 0 bridgehead atoms. The van der Waals surface area contributed by atoms with Gasteiger partial charge in [0.05, 0.1) is 16.9 Å². The minimum atomic E-state index is -0.944. The van der Waals surface area contributed by atoms with Crippen LogP contribution in [0, 0.1) is 34.6 Å². The van der Waals surface area contributed by atoms with E-state index in [2.05, 4.69) is 24.1 Å². The van der Waals surface area contributed by atoms with Gasteiger partial charge in [-0.25, -0.2) is 4.79 Å². The number of hydrogen-bond donors (Lipinski definition) is 1. The maximum atomic E-state index is 11.3. The van der Waals surface area contributed by atoms with E-state index in [0.29, 0.717) is 5.69 Å². The second kappa shape index (κ2) is 6.10. The summed E-state index contributed by atoms with van der Waals surface area (Å²) >= 11 is 0. The molecule has 2 aromatic carbocycles. The zero-order valence-corrected chi connectivity index (χ0v) is 13.6. The highest BCUT2D eigenvalue weighted by Crippen LogP contribution is 2.28. The second-order valence-electron chi connectivity index (χ2n) is 5.59. The molecule has 2 aromatic rings. The molecule has 2 rings (SSSR count). The monoisotopic (exact) mass is 296 g/mol. The molecule has 1 N–H and O–H groups in total. The minimum absolute atomic E-state index is 0.269. The lowest BCUT2D eigenvalue weighted by atomic mass is 10.0. The molecule has 0 radical (unpaired) electrons. The number of hydrogen-bond acceptors (Lipinski definition) is 3. The number of aryl methyl sites for hydroxylation is 2. The summed E-state index contributed by atoms with van der Waals surface area (Å²) in [6.07, 6.45) is 0. The van der Waals surface area contributed by atoms with Crippen LogP contribution >= 0.6 is 0 Å². The molecular weight excluding hydrogens is 276 g/mol. The van der Waals surface area contributed by atoms with Crippen LogP contribution in [0.1, 0.15) is 38.2 Å². The average Bonchev–Trinajstić information content (AvgIpc) is 2.47. The first-order valence-electron chi connectivity index (χ1n) is 7.14. The van der Waals surface area contributed by atoms with Crippen molar-refractivity contribution in [2.45, 2.75) is 34.6 Å². The molecule has 0 amide bonds. The Kier molecular flexibility index (Phi) is 4.40. The fourth-order valence-corrected chi connectivity index (χ4v) is 2.28. The molecule has 0 saturated carbocycles. The predicted octanol–water partition coefficient (Wildman–Crippen LogP) is 5.34. The van der Waals surface area contributed by atoms with Gasteiger partial charge in [0, 0.05) is 0 Å². The topological polar surface area (TPSA) is 62.0 Å². The maximum Gasteiger partial charge on any atom is 0.336 e. The summed E-state index contributed by atoms with van der Waals surface area (Å²) in [5.74, 6) is -0.944. The molecule has 0 fully saturated rings. The molecule has 0 aliphatic carbocycles. The standard InChI is InChI=1S/C18H20N2O2/c1-10-6-7-17(14(5)12(10)3)20-19-15-8-11(2)13(4)16(9-15)18(21)22/h6-9H,1-5H3,(H,21,22). The van der Waals surface area contributed by atoms with Crippen LogP contribution in [0.4, 0.5) is 11.4 Å². The van der Waals surface area contributed by atoms with Crippen LogP contribution in [0.25, 0.3) is 0 Å². The van der Waals surface area contributed by atoms with Crippen molar-refractivity contribution in [3.8, 4) is 0 Å². The Morgan fingerprint density at radius 2 is 1.55 bits per heavy atom. The van der Waals surface area contributed by atoms with Crippen molar-refractivity contribution in [1.29, 1.82) is 0 Å². The number of carboxylic acids is 1. The number of benzene rings is 2. The molecule has 0 aliphatic heterocycles. The fraction of sp³-hybridized carbons (Fsp3) is 0.278. The van der Waals surface area contributed by atoms with Gasteiger partial charge in [-0.2, -0.15) is 10.2 Å². The third kappa shape index (κ3) is 3.06. The van der Waals surface area contributed by atoms with Gasteiger partial charge in [-0.3, -0.25) is 0 Å². The lowest BCUT2D eigenvalue weighted by molar-refractivity contribution is 0.0696. The maximum absolute atomic E-state index is 11.3. The highest BCUT2D eigenvalue weighted by Gasteiger charge is 2.11. The first-order chi connectivity index (χ1) is 10.3. The molecule has 4 nitrogen and oxygen atoms in total. The van der Waals surface area contributed by atoms with Gasteiger partial charge >= 0.3 is 5.97 Å². The first kappa shape index (κ1) is 15.9. The zero-order valence-electron chi connectivity index (χ0n) is 13.6. The highest BCUT2D eigenvalue weighted by molar-refractivity contribution is 5.90. The Balaban J connectivity index is 2.43. The van der Waals surface area contributed by atoms with Crippen molar-refractivity contribution < 1.29 is 9.90 Å². The average molecular weight is 296 g/mol. The van der Waals surface area contributed by atoms with Gasteiger partial charge < -0.3 is 5.11 Å². The second-order valence-corrected chi connectivity index (χ2v) is 5.59. The number of rotatable bonds is 3. The van der Waals surface area contributed by atoms with Crippen molar-refractivity contribution in [2.24, 2.45) is 10.2 Å². The summed E-state index contributed by atoms with van der Waals surface area (Å²) in [6.45, 7) is 9.81. The van der Waals surface area contributed by atoms with Crippen molar-refractivity contribution in [3.05, 3.63) is 57.6 Å². The van der Waals surface area contributed by atoms with Gasteiger partial charge in [0.2, 0.25) is 0 Å². The van der Waals surface area contributed by atoms with Crippen LogP contribution in [-0.2, 0) is 0 Å². The molecular formula is C18H20N2O2. The molecule has 0 aromatic heterocycles. The van der Waals surface area contributed by atoms with Gasteiger partial charge in [0.15, 0.2) is 0 Å². The van der Waals surface area contributed by atoms with Crippen molar-refractivity contribution in [3.63, 3.8) is 0 Å². The number of carboxylic acid groups (broad SMARTS) is 1. The SMILES string of the molecule is Cc1cc(N=Nc2ccc(C)c(C)c2C)cc(C(=O)O)c1C. The van der Waals surface area contributed by atoms with E-state index in [1.165, 1.54) is 11.1 Å². The van der Waals surface area contributed by atoms with E-state index in [0.717, 1.165) is 22.4 Å². The summed E-state index contributed by atoms with van der Waals surface area (Å²) in [4.78, 5) is 11.3. The molecule has 4 heteroatoms. The van der Waals surface area contributed by atoms with Gasteiger partial charge in [0.25, 0.3) is 0 Å². The molecule has 0 saturated heterocycles. The minimum Gasteiger partial charge on any atom is -0.478 e. The van der Waals surface area contributed by atoms with E-state index in [1.54, 1.807) is 13.0 Å². The summed E-state index contributed by atoms with van der Waals surface area (Å²) in [5, 5.41) is 17.7. The Morgan fingerprint density at radius 3 is 2.18 bits per heavy atom. The third-order valence-electron chi connectivity index (χ3n) is 4.19. The smallest absolute Gasteiger partial charge is 0.336 e. The highest BCUT2D eigenvalue weighted by atomic mass is 16.4. The molecule has 0 heterocycles. The molecule has 22 heavy (non-hydrogen) atoms. The molecule has 114 valence electrons. The molecule has 0 spiro atoms. The van der Waals surface area contributed by atoms with E-state index in [4.69, 9.17) is 0 Å². The third-order valence-corrected chi connectivity index (χ3v) is 4.19. The van der Waals surface area contributed by atoms with Crippen molar-refractivity contribution in [1.82, 2.24) is 0 Å². The molecule has 0 unspecified atom stereocenters. The zero-order chi connectivity index (χ0) is 16.4. The fourth-order valence-electron chi connectivity index (χ4n) is 2.28. The van der Waals surface area contributed by atoms with Gasteiger partial charge in [-0.05, 0) is 80.6 Å². The summed E-state index contributed by atoms with van der Waals surface area (Å²) in [5.41, 5.74) is 6.78. The summed E-state index contributed by atoms with van der Waals surface area (Å²) in [6, 6.07) is 7.35. The van der Waals surface area contributed by atoms with Gasteiger partial charge in [-0.15, -0.1) is 0 Å². The largest absolute Gasteiger partial charge is 0.478 e. The summed E-state index contributed by atoms with van der Waals surface area (Å²) < 4.78 is 0. The Bertz CT molecular complexity index is 777. The Labute approximate surface area is 130 Å². The van der Waals surface area contributed by atoms with Gasteiger partial charge in [0.1, 0.15) is 0 Å². The lowest BCUT2D eigenvalue weighted by Crippen LogP contribution is -2.00. The Hall–Kier alpha value is -2.49. The van der Waals surface area contributed by atoms with E-state index >= 15 is 0 Å². The van der Waals surface area contributed by atoms with E-state index in [-0.39, 0.29) is 5.56 Å². The van der Waals surface area contributed by atoms with Crippen LogP contribution in [0.2, 0.25) is 0 Å². The molecule has 0 aliphatic rings. The van der Waals surface area contributed by atoms with Crippen molar-refractivity contribution in [2.75, 3.05) is 0 Å². The van der Waals surface area contributed by atoms with Crippen molar-refractivity contribution >= 4 is 17.3 Å². The van der Waals surface area contributed by atoms with Gasteiger partial charge in [-0.1, -0.05) is 6.07 Å².